The van der Waals surface area contributed by atoms with Crippen molar-refractivity contribution in [2.75, 3.05) is 0 Å². The quantitative estimate of drug-likeness (QED) is 0.474. The lowest BCUT2D eigenvalue weighted by atomic mass is 9.89. The second-order valence-corrected chi connectivity index (χ2v) is 2.81. The predicted molar refractivity (Wildman–Crippen MR) is 43.8 cm³/mol. The average molecular weight is 180 g/mol. The van der Waals surface area contributed by atoms with E-state index in [0.717, 1.165) is 25.7 Å². The van der Waals surface area contributed by atoms with Gasteiger partial charge in [-0.25, -0.2) is 5.48 Å². The van der Waals surface area contributed by atoms with E-state index in [2.05, 4.69) is 0 Å². The van der Waals surface area contributed by atoms with Crippen LogP contribution in [0.25, 0.3) is 0 Å². The summed E-state index contributed by atoms with van der Waals surface area (Å²) in [4.78, 5) is 10.8. The van der Waals surface area contributed by atoms with E-state index < -0.39 is 0 Å². The zero-order valence-electron chi connectivity index (χ0n) is 6.38. The van der Waals surface area contributed by atoms with Gasteiger partial charge in [-0.1, -0.05) is 19.3 Å². The van der Waals surface area contributed by atoms with Crippen LogP contribution >= 0.6 is 12.4 Å². The fraction of sp³-hybridized carbons (Fsp3) is 0.857. The van der Waals surface area contributed by atoms with Crippen molar-refractivity contribution in [1.82, 2.24) is 5.48 Å². The minimum absolute atomic E-state index is 0. The lowest BCUT2D eigenvalue weighted by Gasteiger charge is -2.18. The van der Waals surface area contributed by atoms with E-state index in [1.54, 1.807) is 5.48 Å². The first-order chi connectivity index (χ1) is 4.84. The molecule has 1 saturated carbocycles. The molecule has 4 heteroatoms. The largest absolute Gasteiger partial charge is 0.289 e. The summed E-state index contributed by atoms with van der Waals surface area (Å²) >= 11 is 0. The summed E-state index contributed by atoms with van der Waals surface area (Å²) in [7, 11) is 0. The smallest absolute Gasteiger partial charge is 0.246 e. The fourth-order valence-corrected chi connectivity index (χ4v) is 1.46. The molecule has 0 radical (unpaired) electrons. The molecule has 0 aromatic heterocycles. The van der Waals surface area contributed by atoms with Crippen molar-refractivity contribution in [3.63, 3.8) is 0 Å². The van der Waals surface area contributed by atoms with Crippen LogP contribution in [0, 0.1) is 5.92 Å². The highest BCUT2D eigenvalue weighted by atomic mass is 35.5. The SMILES string of the molecule is Cl.O=C(NO)C1CCCCC1. The van der Waals surface area contributed by atoms with Crippen LogP contribution in [-0.2, 0) is 4.79 Å². The van der Waals surface area contributed by atoms with E-state index in [1.807, 2.05) is 0 Å². The van der Waals surface area contributed by atoms with Crippen LogP contribution in [0.15, 0.2) is 0 Å². The number of hydrogen-bond donors (Lipinski definition) is 2. The third-order valence-electron chi connectivity index (χ3n) is 2.09. The van der Waals surface area contributed by atoms with Gasteiger partial charge in [0.05, 0.1) is 0 Å². The molecule has 0 unspecified atom stereocenters. The van der Waals surface area contributed by atoms with Crippen molar-refractivity contribution in [2.45, 2.75) is 32.1 Å². The number of hydrogen-bond acceptors (Lipinski definition) is 2. The fourth-order valence-electron chi connectivity index (χ4n) is 1.46. The van der Waals surface area contributed by atoms with Crippen LogP contribution in [0.1, 0.15) is 32.1 Å². The Hall–Kier alpha value is -0.280. The van der Waals surface area contributed by atoms with Crippen LogP contribution in [0.3, 0.4) is 0 Å². The third-order valence-corrected chi connectivity index (χ3v) is 2.09. The van der Waals surface area contributed by atoms with Crippen LogP contribution < -0.4 is 5.48 Å². The molecular formula is C7H14ClNO2. The molecule has 3 nitrogen and oxygen atoms in total. The monoisotopic (exact) mass is 179 g/mol. The number of carbonyl (C=O) groups excluding carboxylic acids is 1. The minimum Gasteiger partial charge on any atom is -0.289 e. The van der Waals surface area contributed by atoms with Crippen LogP contribution in [-0.4, -0.2) is 11.1 Å². The summed E-state index contributed by atoms with van der Waals surface area (Å²) in [6.45, 7) is 0. The Morgan fingerprint density at radius 1 is 1.27 bits per heavy atom. The van der Waals surface area contributed by atoms with Crippen molar-refractivity contribution in [2.24, 2.45) is 5.92 Å². The van der Waals surface area contributed by atoms with Gasteiger partial charge in [-0.2, -0.15) is 0 Å². The van der Waals surface area contributed by atoms with Gasteiger partial charge in [0.2, 0.25) is 5.91 Å². The van der Waals surface area contributed by atoms with Gasteiger partial charge in [0.1, 0.15) is 0 Å². The molecule has 0 aromatic rings. The van der Waals surface area contributed by atoms with Crippen molar-refractivity contribution >= 4 is 18.3 Å². The second-order valence-electron chi connectivity index (χ2n) is 2.81. The van der Waals surface area contributed by atoms with Crippen LogP contribution in [0.5, 0.6) is 0 Å². The maximum atomic E-state index is 10.8. The molecule has 66 valence electrons. The Morgan fingerprint density at radius 2 is 1.82 bits per heavy atom. The molecule has 0 heterocycles. The normalized spacial score (nSPS) is 18.6. The highest BCUT2D eigenvalue weighted by Gasteiger charge is 2.19. The van der Waals surface area contributed by atoms with E-state index in [1.165, 1.54) is 6.42 Å². The van der Waals surface area contributed by atoms with E-state index >= 15 is 0 Å². The van der Waals surface area contributed by atoms with Gasteiger partial charge in [0.15, 0.2) is 0 Å². The Morgan fingerprint density at radius 3 is 2.27 bits per heavy atom. The molecule has 2 N–H and O–H groups in total. The average Bonchev–Trinajstić information content (AvgIpc) is 2.05. The lowest BCUT2D eigenvalue weighted by molar-refractivity contribution is -0.134. The molecule has 11 heavy (non-hydrogen) atoms. The summed E-state index contributed by atoms with van der Waals surface area (Å²) in [5, 5.41) is 8.29. The topological polar surface area (TPSA) is 49.3 Å². The third kappa shape index (κ3) is 3.08. The molecule has 0 atom stereocenters. The highest BCUT2D eigenvalue weighted by Crippen LogP contribution is 2.23. The number of carbonyl (C=O) groups is 1. The number of hydroxylamine groups is 1. The van der Waals surface area contributed by atoms with Gasteiger partial charge in [-0.15, -0.1) is 12.4 Å². The predicted octanol–water partition coefficient (Wildman–Crippen LogP) is 1.49. The zero-order valence-corrected chi connectivity index (χ0v) is 7.19. The number of rotatable bonds is 1. The summed E-state index contributed by atoms with van der Waals surface area (Å²) in [5.74, 6) is -0.140. The first-order valence-electron chi connectivity index (χ1n) is 3.78. The molecule has 1 aliphatic carbocycles. The molecule has 0 aliphatic heterocycles. The van der Waals surface area contributed by atoms with Gasteiger partial charge in [-0.05, 0) is 12.8 Å². The molecule has 0 saturated heterocycles. The summed E-state index contributed by atoms with van der Waals surface area (Å²) in [6, 6.07) is 0. The molecule has 1 rings (SSSR count). The van der Waals surface area contributed by atoms with Crippen molar-refractivity contribution in [1.29, 1.82) is 0 Å². The molecule has 0 bridgehead atoms. The Bertz CT molecular complexity index is 124. The van der Waals surface area contributed by atoms with Gasteiger partial charge < -0.3 is 0 Å². The second kappa shape index (κ2) is 5.38. The van der Waals surface area contributed by atoms with E-state index in [9.17, 15) is 4.79 Å². The lowest BCUT2D eigenvalue weighted by Crippen LogP contribution is -2.29. The molecule has 1 amide bonds. The number of halogens is 1. The molecule has 1 aliphatic rings. The summed E-state index contributed by atoms with van der Waals surface area (Å²) in [6.07, 6.45) is 5.35. The Balaban J connectivity index is 0.000001000. The summed E-state index contributed by atoms with van der Waals surface area (Å²) < 4.78 is 0. The first kappa shape index (κ1) is 10.7. The molecule has 1 fully saturated rings. The van der Waals surface area contributed by atoms with Crippen molar-refractivity contribution in [3.05, 3.63) is 0 Å². The summed E-state index contributed by atoms with van der Waals surface area (Å²) in [5.41, 5.74) is 1.70. The highest BCUT2D eigenvalue weighted by molar-refractivity contribution is 5.85. The minimum atomic E-state index is -0.209. The zero-order chi connectivity index (χ0) is 7.40. The Labute approximate surface area is 72.5 Å². The van der Waals surface area contributed by atoms with Gasteiger partial charge >= 0.3 is 0 Å². The first-order valence-corrected chi connectivity index (χ1v) is 3.78. The van der Waals surface area contributed by atoms with Gasteiger partial charge in [0.25, 0.3) is 0 Å². The standard InChI is InChI=1S/C7H13NO2.ClH/c9-7(8-10)6-4-2-1-3-5-6;/h6,10H,1-5H2,(H,8,9);1H. The van der Waals surface area contributed by atoms with Crippen molar-refractivity contribution in [3.8, 4) is 0 Å². The number of amides is 1. The van der Waals surface area contributed by atoms with E-state index in [0.29, 0.717) is 0 Å². The molecule has 0 aromatic carbocycles. The van der Waals surface area contributed by atoms with Crippen LogP contribution in [0.2, 0.25) is 0 Å². The van der Waals surface area contributed by atoms with E-state index in [-0.39, 0.29) is 24.2 Å². The maximum absolute atomic E-state index is 10.8. The maximum Gasteiger partial charge on any atom is 0.246 e. The molecule has 0 spiro atoms. The van der Waals surface area contributed by atoms with Gasteiger partial charge in [0, 0.05) is 5.92 Å². The number of nitrogens with one attached hydrogen (secondary N) is 1. The molecular weight excluding hydrogens is 166 g/mol. The Kier molecular flexibility index (Phi) is 5.24. The van der Waals surface area contributed by atoms with Crippen LogP contribution in [0.4, 0.5) is 0 Å². The van der Waals surface area contributed by atoms with E-state index in [4.69, 9.17) is 5.21 Å². The van der Waals surface area contributed by atoms with Crippen molar-refractivity contribution < 1.29 is 10.0 Å². The van der Waals surface area contributed by atoms with Gasteiger partial charge in [-0.3, -0.25) is 10.0 Å².